The van der Waals surface area contributed by atoms with Crippen LogP contribution < -0.4 is 10.6 Å². The van der Waals surface area contributed by atoms with Crippen LogP contribution in [-0.2, 0) is 11.2 Å². The van der Waals surface area contributed by atoms with Crippen LogP contribution in [0, 0.1) is 13.8 Å². The van der Waals surface area contributed by atoms with Gasteiger partial charge in [-0.3, -0.25) is 4.79 Å². The van der Waals surface area contributed by atoms with Gasteiger partial charge in [-0.25, -0.2) is 0 Å². The van der Waals surface area contributed by atoms with Crippen LogP contribution in [0.25, 0.3) is 0 Å². The molecule has 0 radical (unpaired) electrons. The highest BCUT2D eigenvalue weighted by molar-refractivity contribution is 5.79. The molecule has 3 nitrogen and oxygen atoms in total. The molecule has 1 aliphatic heterocycles. The number of piperidine rings is 1. The maximum absolute atomic E-state index is 12.1. The summed E-state index contributed by atoms with van der Waals surface area (Å²) in [7, 11) is 0. The first-order valence-electron chi connectivity index (χ1n) is 7.13. The average Bonchev–Trinajstić information content (AvgIpc) is 2.34. The fraction of sp³-hybridized carbons (Fsp3) is 0.562. The number of amides is 1. The predicted molar refractivity (Wildman–Crippen MR) is 78.2 cm³/mol. The quantitative estimate of drug-likeness (QED) is 0.874. The van der Waals surface area contributed by atoms with Gasteiger partial charge in [0.1, 0.15) is 0 Å². The predicted octanol–water partition coefficient (Wildman–Crippen LogP) is 2.10. The fourth-order valence-corrected chi connectivity index (χ4v) is 2.71. The minimum absolute atomic E-state index is 0.146. The number of benzene rings is 1. The number of hydrogen-bond donors (Lipinski definition) is 2. The Labute approximate surface area is 115 Å². The maximum Gasteiger partial charge on any atom is 0.224 e. The molecule has 0 spiro atoms. The van der Waals surface area contributed by atoms with Gasteiger partial charge in [-0.05, 0) is 51.3 Å². The van der Waals surface area contributed by atoms with E-state index in [2.05, 4.69) is 49.6 Å². The normalized spacial score (nSPS) is 23.1. The van der Waals surface area contributed by atoms with Crippen LogP contribution in [0.3, 0.4) is 0 Å². The van der Waals surface area contributed by atoms with Crippen LogP contribution in [0.4, 0.5) is 0 Å². The minimum atomic E-state index is 0.146. The Kier molecular flexibility index (Phi) is 4.59. The van der Waals surface area contributed by atoms with E-state index in [0.717, 1.165) is 24.9 Å². The molecule has 2 N–H and O–H groups in total. The summed E-state index contributed by atoms with van der Waals surface area (Å²) in [4.78, 5) is 12.1. The standard InChI is InChI=1S/C16H24N2O/c1-11-4-5-12(2)14(8-11)10-16(19)18-15-6-7-17-13(3)9-15/h4-5,8,13,15,17H,6-7,9-10H2,1-3H3,(H,18,19). The molecule has 1 aromatic carbocycles. The van der Waals surface area contributed by atoms with Crippen LogP contribution in [0.1, 0.15) is 36.5 Å². The molecule has 2 unspecified atom stereocenters. The Balaban J connectivity index is 1.92. The lowest BCUT2D eigenvalue weighted by Gasteiger charge is -2.28. The van der Waals surface area contributed by atoms with Gasteiger partial charge in [-0.1, -0.05) is 23.8 Å². The first-order valence-corrected chi connectivity index (χ1v) is 7.13. The maximum atomic E-state index is 12.1. The third kappa shape index (κ3) is 4.06. The average molecular weight is 260 g/mol. The molecule has 1 heterocycles. The van der Waals surface area contributed by atoms with Crippen molar-refractivity contribution in [3.8, 4) is 0 Å². The summed E-state index contributed by atoms with van der Waals surface area (Å²) in [5.41, 5.74) is 3.54. The molecule has 1 aliphatic rings. The van der Waals surface area contributed by atoms with E-state index in [1.54, 1.807) is 0 Å². The molecule has 0 aliphatic carbocycles. The summed E-state index contributed by atoms with van der Waals surface area (Å²) >= 11 is 0. The van der Waals surface area contributed by atoms with Crippen molar-refractivity contribution in [2.24, 2.45) is 0 Å². The Morgan fingerprint density at radius 3 is 2.95 bits per heavy atom. The summed E-state index contributed by atoms with van der Waals surface area (Å²) in [5.74, 6) is 0.146. The SMILES string of the molecule is Cc1ccc(C)c(CC(=O)NC2CCNC(C)C2)c1. The van der Waals surface area contributed by atoms with Gasteiger partial charge in [0.25, 0.3) is 0 Å². The van der Waals surface area contributed by atoms with E-state index < -0.39 is 0 Å². The first kappa shape index (κ1) is 14.1. The van der Waals surface area contributed by atoms with Gasteiger partial charge in [0.05, 0.1) is 6.42 Å². The Hall–Kier alpha value is -1.35. The number of rotatable bonds is 3. The zero-order chi connectivity index (χ0) is 13.8. The second-order valence-electron chi connectivity index (χ2n) is 5.75. The molecule has 19 heavy (non-hydrogen) atoms. The van der Waals surface area contributed by atoms with Crippen molar-refractivity contribution in [3.63, 3.8) is 0 Å². The summed E-state index contributed by atoms with van der Waals surface area (Å²) in [6, 6.07) is 7.11. The number of nitrogens with one attached hydrogen (secondary N) is 2. The fourth-order valence-electron chi connectivity index (χ4n) is 2.71. The molecule has 104 valence electrons. The summed E-state index contributed by atoms with van der Waals surface area (Å²) < 4.78 is 0. The Morgan fingerprint density at radius 2 is 2.21 bits per heavy atom. The molecule has 0 saturated carbocycles. The van der Waals surface area contributed by atoms with Gasteiger partial charge >= 0.3 is 0 Å². The molecule has 2 atom stereocenters. The third-order valence-electron chi connectivity index (χ3n) is 3.84. The lowest BCUT2D eigenvalue weighted by Crippen LogP contribution is -2.47. The second-order valence-corrected chi connectivity index (χ2v) is 5.75. The number of carbonyl (C=O) groups is 1. The van der Waals surface area contributed by atoms with Gasteiger partial charge in [0.15, 0.2) is 0 Å². The van der Waals surface area contributed by atoms with Gasteiger partial charge in [0.2, 0.25) is 5.91 Å². The molecule has 1 fully saturated rings. The van der Waals surface area contributed by atoms with Crippen LogP contribution in [0.2, 0.25) is 0 Å². The van der Waals surface area contributed by atoms with Crippen molar-refractivity contribution in [1.29, 1.82) is 0 Å². The van der Waals surface area contributed by atoms with Crippen molar-refractivity contribution in [3.05, 3.63) is 34.9 Å². The van der Waals surface area contributed by atoms with E-state index in [4.69, 9.17) is 0 Å². The van der Waals surface area contributed by atoms with E-state index in [1.165, 1.54) is 11.1 Å². The van der Waals surface area contributed by atoms with Crippen LogP contribution in [0.15, 0.2) is 18.2 Å². The van der Waals surface area contributed by atoms with E-state index in [9.17, 15) is 4.79 Å². The highest BCUT2D eigenvalue weighted by Gasteiger charge is 2.20. The van der Waals surface area contributed by atoms with Crippen molar-refractivity contribution < 1.29 is 4.79 Å². The molecule has 0 bridgehead atoms. The number of carbonyl (C=O) groups excluding carboxylic acids is 1. The van der Waals surface area contributed by atoms with Crippen molar-refractivity contribution in [1.82, 2.24) is 10.6 Å². The first-order chi connectivity index (χ1) is 9.04. The van der Waals surface area contributed by atoms with Crippen LogP contribution in [0.5, 0.6) is 0 Å². The minimum Gasteiger partial charge on any atom is -0.353 e. The molecular weight excluding hydrogens is 236 g/mol. The Morgan fingerprint density at radius 1 is 1.42 bits per heavy atom. The van der Waals surface area contributed by atoms with Crippen molar-refractivity contribution >= 4 is 5.91 Å². The lowest BCUT2D eigenvalue weighted by atomic mass is 9.99. The molecule has 1 aromatic rings. The molecule has 2 rings (SSSR count). The highest BCUT2D eigenvalue weighted by Crippen LogP contribution is 2.12. The zero-order valence-electron chi connectivity index (χ0n) is 12.1. The van der Waals surface area contributed by atoms with Crippen molar-refractivity contribution in [2.75, 3.05) is 6.54 Å². The van der Waals surface area contributed by atoms with Gasteiger partial charge in [0, 0.05) is 12.1 Å². The topological polar surface area (TPSA) is 41.1 Å². The Bertz CT molecular complexity index is 456. The molecule has 0 aromatic heterocycles. The largest absolute Gasteiger partial charge is 0.353 e. The zero-order valence-corrected chi connectivity index (χ0v) is 12.1. The van der Waals surface area contributed by atoms with Crippen LogP contribution in [-0.4, -0.2) is 24.5 Å². The summed E-state index contributed by atoms with van der Waals surface area (Å²) in [6.07, 6.45) is 2.55. The smallest absolute Gasteiger partial charge is 0.224 e. The van der Waals surface area contributed by atoms with Crippen molar-refractivity contribution in [2.45, 2.75) is 52.1 Å². The van der Waals surface area contributed by atoms with Gasteiger partial charge in [-0.15, -0.1) is 0 Å². The molecule has 1 amide bonds. The van der Waals surface area contributed by atoms with Gasteiger partial charge < -0.3 is 10.6 Å². The second kappa shape index (κ2) is 6.20. The molecule has 3 heteroatoms. The molecule has 1 saturated heterocycles. The van der Waals surface area contributed by atoms with E-state index in [1.807, 2.05) is 0 Å². The van der Waals surface area contributed by atoms with E-state index in [0.29, 0.717) is 18.5 Å². The van der Waals surface area contributed by atoms with Gasteiger partial charge in [-0.2, -0.15) is 0 Å². The molecular formula is C16H24N2O. The number of aryl methyl sites for hydroxylation is 2. The number of hydrogen-bond acceptors (Lipinski definition) is 2. The lowest BCUT2D eigenvalue weighted by molar-refractivity contribution is -0.121. The van der Waals surface area contributed by atoms with Crippen LogP contribution >= 0.6 is 0 Å². The summed E-state index contributed by atoms with van der Waals surface area (Å²) in [5, 5.41) is 6.57. The summed E-state index contributed by atoms with van der Waals surface area (Å²) in [6.45, 7) is 7.29. The monoisotopic (exact) mass is 260 g/mol. The van der Waals surface area contributed by atoms with E-state index in [-0.39, 0.29) is 5.91 Å². The van der Waals surface area contributed by atoms with E-state index >= 15 is 0 Å². The highest BCUT2D eigenvalue weighted by atomic mass is 16.1. The third-order valence-corrected chi connectivity index (χ3v) is 3.84.